The van der Waals surface area contributed by atoms with Crippen molar-refractivity contribution in [2.75, 3.05) is 6.54 Å². The van der Waals surface area contributed by atoms with Gasteiger partial charge in [-0.2, -0.15) is 0 Å². The number of sulfonamides is 1. The molecule has 0 fully saturated rings. The lowest BCUT2D eigenvalue weighted by atomic mass is 10.1. The molecule has 92 valence electrons. The zero-order valence-electron chi connectivity index (χ0n) is 9.99. The van der Waals surface area contributed by atoms with Crippen molar-refractivity contribution in [3.8, 4) is 0 Å². The van der Waals surface area contributed by atoms with E-state index in [4.69, 9.17) is 5.73 Å². The van der Waals surface area contributed by atoms with E-state index in [1.165, 1.54) is 0 Å². The molecule has 3 N–H and O–H groups in total. The van der Waals surface area contributed by atoms with Crippen molar-refractivity contribution in [3.63, 3.8) is 0 Å². The van der Waals surface area contributed by atoms with Crippen LogP contribution >= 0.6 is 0 Å². The first kappa shape index (κ1) is 14.9. The summed E-state index contributed by atoms with van der Waals surface area (Å²) in [6, 6.07) is 0.0561. The van der Waals surface area contributed by atoms with Crippen LogP contribution in [0.4, 0.5) is 0 Å². The van der Waals surface area contributed by atoms with Gasteiger partial charge >= 0.3 is 0 Å². The summed E-state index contributed by atoms with van der Waals surface area (Å²) in [6.45, 7) is 6.08. The van der Waals surface area contributed by atoms with Gasteiger partial charge in [-0.15, -0.1) is 0 Å². The monoisotopic (exact) mass is 236 g/mol. The van der Waals surface area contributed by atoms with Crippen LogP contribution in [-0.2, 0) is 10.0 Å². The Bertz CT molecular complexity index is 248. The third kappa shape index (κ3) is 4.95. The van der Waals surface area contributed by atoms with Gasteiger partial charge < -0.3 is 5.73 Å². The topological polar surface area (TPSA) is 72.2 Å². The minimum atomic E-state index is -3.23. The molecule has 4 nitrogen and oxygen atoms in total. The fourth-order valence-electron chi connectivity index (χ4n) is 1.54. The van der Waals surface area contributed by atoms with Crippen LogP contribution in [0.2, 0.25) is 0 Å². The number of hydrogen-bond acceptors (Lipinski definition) is 3. The van der Waals surface area contributed by atoms with Crippen LogP contribution in [0.3, 0.4) is 0 Å². The highest BCUT2D eigenvalue weighted by Gasteiger charge is 2.24. The third-order valence-electron chi connectivity index (χ3n) is 2.62. The van der Waals surface area contributed by atoms with Crippen LogP contribution in [0.25, 0.3) is 0 Å². The lowest BCUT2D eigenvalue weighted by Gasteiger charge is -2.20. The van der Waals surface area contributed by atoms with Gasteiger partial charge in [-0.25, -0.2) is 13.1 Å². The molecule has 5 heteroatoms. The largest absolute Gasteiger partial charge is 0.329 e. The standard InChI is InChI=1S/C10H24N2O2S/c1-4-7-9(5-2)12-15(13,14)10(6-3)8-11/h9-10,12H,4-8,11H2,1-3H3. The van der Waals surface area contributed by atoms with E-state index in [9.17, 15) is 8.42 Å². The highest BCUT2D eigenvalue weighted by atomic mass is 32.2. The number of rotatable bonds is 8. The summed E-state index contributed by atoms with van der Waals surface area (Å²) in [7, 11) is -3.23. The molecule has 0 amide bonds. The minimum absolute atomic E-state index is 0.0561. The predicted molar refractivity (Wildman–Crippen MR) is 64.2 cm³/mol. The van der Waals surface area contributed by atoms with Gasteiger partial charge in [0.25, 0.3) is 0 Å². The van der Waals surface area contributed by atoms with Crippen LogP contribution in [-0.4, -0.2) is 26.3 Å². The number of nitrogens with one attached hydrogen (secondary N) is 1. The summed E-state index contributed by atoms with van der Waals surface area (Å²) in [6.07, 6.45) is 3.26. The quantitative estimate of drug-likeness (QED) is 0.665. The molecule has 0 saturated carbocycles. The maximum Gasteiger partial charge on any atom is 0.215 e. The van der Waals surface area contributed by atoms with E-state index < -0.39 is 15.3 Å². The average molecular weight is 236 g/mol. The van der Waals surface area contributed by atoms with E-state index in [0.717, 1.165) is 19.3 Å². The maximum absolute atomic E-state index is 11.8. The summed E-state index contributed by atoms with van der Waals surface area (Å²) in [5, 5.41) is -0.455. The van der Waals surface area contributed by atoms with Crippen molar-refractivity contribution in [1.29, 1.82) is 0 Å². The molecule has 0 saturated heterocycles. The first-order chi connectivity index (χ1) is 7.01. The van der Waals surface area contributed by atoms with E-state index in [-0.39, 0.29) is 12.6 Å². The summed E-state index contributed by atoms with van der Waals surface area (Å²) in [5.41, 5.74) is 5.44. The molecule has 0 heterocycles. The van der Waals surface area contributed by atoms with Crippen LogP contribution in [0.1, 0.15) is 46.5 Å². The Balaban J connectivity index is 4.46. The molecule has 0 bridgehead atoms. The zero-order chi connectivity index (χ0) is 11.9. The molecule has 2 atom stereocenters. The molecule has 0 aromatic heterocycles. The van der Waals surface area contributed by atoms with Gasteiger partial charge in [-0.1, -0.05) is 27.2 Å². The molecule has 0 aliphatic rings. The van der Waals surface area contributed by atoms with Gasteiger partial charge in [-0.05, 0) is 19.3 Å². The Morgan fingerprint density at radius 3 is 2.13 bits per heavy atom. The molecule has 0 aromatic carbocycles. The zero-order valence-corrected chi connectivity index (χ0v) is 10.8. The fraction of sp³-hybridized carbons (Fsp3) is 1.00. The molecule has 0 rings (SSSR count). The van der Waals surface area contributed by atoms with E-state index >= 15 is 0 Å². The highest BCUT2D eigenvalue weighted by Crippen LogP contribution is 2.08. The van der Waals surface area contributed by atoms with E-state index in [2.05, 4.69) is 11.6 Å². The van der Waals surface area contributed by atoms with Gasteiger partial charge in [0.05, 0.1) is 5.25 Å². The van der Waals surface area contributed by atoms with Gasteiger partial charge in [0.2, 0.25) is 10.0 Å². The third-order valence-corrected chi connectivity index (χ3v) is 4.68. The molecule has 0 aliphatic heterocycles. The summed E-state index contributed by atoms with van der Waals surface area (Å²) in [5.74, 6) is 0. The molecule has 0 radical (unpaired) electrons. The van der Waals surface area contributed by atoms with Crippen LogP contribution in [0.15, 0.2) is 0 Å². The van der Waals surface area contributed by atoms with Gasteiger partial charge in [-0.3, -0.25) is 0 Å². The Hall–Kier alpha value is -0.130. The van der Waals surface area contributed by atoms with Crippen molar-refractivity contribution in [1.82, 2.24) is 4.72 Å². The normalized spacial score (nSPS) is 16.3. The van der Waals surface area contributed by atoms with Gasteiger partial charge in [0.15, 0.2) is 0 Å². The van der Waals surface area contributed by atoms with E-state index in [1.807, 2.05) is 13.8 Å². The lowest BCUT2D eigenvalue weighted by Crippen LogP contribution is -2.43. The van der Waals surface area contributed by atoms with Crippen molar-refractivity contribution < 1.29 is 8.42 Å². The van der Waals surface area contributed by atoms with Crippen molar-refractivity contribution in [3.05, 3.63) is 0 Å². The average Bonchev–Trinajstić information content (AvgIpc) is 2.18. The van der Waals surface area contributed by atoms with Crippen molar-refractivity contribution >= 4 is 10.0 Å². The summed E-state index contributed by atoms with van der Waals surface area (Å²) >= 11 is 0. The summed E-state index contributed by atoms with van der Waals surface area (Å²) < 4.78 is 26.4. The smallest absolute Gasteiger partial charge is 0.215 e. The number of nitrogens with two attached hydrogens (primary N) is 1. The van der Waals surface area contributed by atoms with Gasteiger partial charge in [0.1, 0.15) is 0 Å². The second-order valence-corrected chi connectivity index (χ2v) is 5.82. The summed E-state index contributed by atoms with van der Waals surface area (Å²) in [4.78, 5) is 0. The molecular formula is C10H24N2O2S. The molecule has 15 heavy (non-hydrogen) atoms. The molecule has 0 aromatic rings. The minimum Gasteiger partial charge on any atom is -0.329 e. The van der Waals surface area contributed by atoms with Gasteiger partial charge in [0, 0.05) is 12.6 Å². The van der Waals surface area contributed by atoms with Crippen LogP contribution in [0, 0.1) is 0 Å². The maximum atomic E-state index is 11.8. The lowest BCUT2D eigenvalue weighted by molar-refractivity contribution is 0.502. The molecular weight excluding hydrogens is 212 g/mol. The number of hydrogen-bond donors (Lipinski definition) is 2. The Morgan fingerprint density at radius 2 is 1.80 bits per heavy atom. The molecule has 0 spiro atoms. The Morgan fingerprint density at radius 1 is 1.20 bits per heavy atom. The first-order valence-corrected chi connectivity index (χ1v) is 7.27. The first-order valence-electron chi connectivity index (χ1n) is 5.72. The predicted octanol–water partition coefficient (Wildman–Crippen LogP) is 1.22. The fourth-order valence-corrected chi connectivity index (χ4v) is 3.17. The van der Waals surface area contributed by atoms with Crippen molar-refractivity contribution in [2.24, 2.45) is 5.73 Å². The second-order valence-electron chi connectivity index (χ2n) is 3.82. The van der Waals surface area contributed by atoms with E-state index in [1.54, 1.807) is 0 Å². The molecule has 2 unspecified atom stereocenters. The second kappa shape index (κ2) is 7.19. The SMILES string of the molecule is CCCC(CC)NS(=O)(=O)C(CC)CN. The Labute approximate surface area is 93.7 Å². The van der Waals surface area contributed by atoms with Crippen LogP contribution in [0.5, 0.6) is 0 Å². The Kier molecular flexibility index (Phi) is 7.13. The van der Waals surface area contributed by atoms with Crippen molar-refractivity contribution in [2.45, 2.75) is 57.7 Å². The van der Waals surface area contributed by atoms with E-state index in [0.29, 0.717) is 6.42 Å². The van der Waals surface area contributed by atoms with Crippen LogP contribution < -0.4 is 10.5 Å². The molecule has 0 aliphatic carbocycles. The highest BCUT2D eigenvalue weighted by molar-refractivity contribution is 7.90.